The molecule has 7 heteroatoms. The summed E-state index contributed by atoms with van der Waals surface area (Å²) in [6.07, 6.45) is 5.49. The average Bonchev–Trinajstić information content (AvgIpc) is 3.48. The van der Waals surface area contributed by atoms with Crippen molar-refractivity contribution in [3.63, 3.8) is 0 Å². The molecule has 0 bridgehead atoms. The van der Waals surface area contributed by atoms with Gasteiger partial charge in [-0.3, -0.25) is 14.5 Å². The van der Waals surface area contributed by atoms with Crippen molar-refractivity contribution in [3.8, 4) is 11.3 Å². The number of aromatic nitrogens is 3. The van der Waals surface area contributed by atoms with E-state index >= 15 is 0 Å². The zero-order chi connectivity index (χ0) is 24.6. The van der Waals surface area contributed by atoms with Crippen LogP contribution in [0.1, 0.15) is 24.8 Å². The fraction of sp³-hybridized carbons (Fsp3) is 0.345. The topological polar surface area (TPSA) is 63.4 Å². The van der Waals surface area contributed by atoms with Crippen LogP contribution >= 0.6 is 0 Å². The van der Waals surface area contributed by atoms with Crippen molar-refractivity contribution in [2.45, 2.75) is 32.2 Å². The van der Waals surface area contributed by atoms with Crippen molar-refractivity contribution in [2.75, 3.05) is 24.5 Å². The maximum atomic E-state index is 13.2. The van der Waals surface area contributed by atoms with Gasteiger partial charge in [-0.2, -0.15) is 5.10 Å². The molecule has 0 N–H and O–H groups in total. The van der Waals surface area contributed by atoms with E-state index in [4.69, 9.17) is 5.10 Å². The van der Waals surface area contributed by atoms with Gasteiger partial charge in [-0.05, 0) is 36.8 Å². The van der Waals surface area contributed by atoms with Crippen LogP contribution in [0.2, 0.25) is 0 Å². The van der Waals surface area contributed by atoms with E-state index in [1.807, 2.05) is 40.9 Å². The quantitative estimate of drug-likeness (QED) is 0.428. The van der Waals surface area contributed by atoms with E-state index < -0.39 is 0 Å². The number of likely N-dealkylation sites (tertiary alicyclic amines) is 1. The maximum absolute atomic E-state index is 13.2. The predicted octanol–water partition coefficient (Wildman–Crippen LogP) is 4.26. The number of benzene rings is 2. The van der Waals surface area contributed by atoms with Crippen molar-refractivity contribution < 1.29 is 9.59 Å². The van der Waals surface area contributed by atoms with Gasteiger partial charge in [0.05, 0.1) is 12.2 Å². The molecule has 4 aromatic rings. The number of carbonyl (C=O) groups is 2. The minimum absolute atomic E-state index is 0.0146. The number of rotatable bonds is 5. The van der Waals surface area contributed by atoms with E-state index in [-0.39, 0.29) is 18.4 Å². The normalized spacial score (nSPS) is 16.5. The molecule has 184 valence electrons. The van der Waals surface area contributed by atoms with Crippen molar-refractivity contribution in [2.24, 2.45) is 13.0 Å². The first-order valence-electron chi connectivity index (χ1n) is 12.8. The Kier molecular flexibility index (Phi) is 5.83. The van der Waals surface area contributed by atoms with Crippen molar-refractivity contribution in [1.29, 1.82) is 0 Å². The van der Waals surface area contributed by atoms with Crippen LogP contribution in [0.25, 0.3) is 22.2 Å². The number of para-hydroxylation sites is 1. The van der Waals surface area contributed by atoms with E-state index in [0.717, 1.165) is 54.5 Å². The van der Waals surface area contributed by atoms with Gasteiger partial charge < -0.3 is 9.47 Å². The van der Waals surface area contributed by atoms with Crippen LogP contribution in [0.3, 0.4) is 0 Å². The smallest absolute Gasteiger partial charge is 0.242 e. The lowest BCUT2D eigenvalue weighted by atomic mass is 9.90. The summed E-state index contributed by atoms with van der Waals surface area (Å²) in [4.78, 5) is 29.7. The number of carbonyl (C=O) groups excluding carboxylic acids is 2. The summed E-state index contributed by atoms with van der Waals surface area (Å²) in [6, 6.07) is 20.8. The molecule has 0 aliphatic carbocycles. The maximum Gasteiger partial charge on any atom is 0.242 e. The SMILES string of the molecule is Cn1cc(-c2cc3n(n2)CCC(=O)N3CC(=O)N2CCC(Cc3ccccc3)CC2)c2ccccc21. The Labute approximate surface area is 210 Å². The minimum Gasteiger partial charge on any atom is -0.350 e. The van der Waals surface area contributed by atoms with Crippen LogP contribution in [0, 0.1) is 5.92 Å². The zero-order valence-electron chi connectivity index (χ0n) is 20.6. The first-order valence-corrected chi connectivity index (χ1v) is 12.8. The minimum atomic E-state index is -0.0146. The van der Waals surface area contributed by atoms with Crippen LogP contribution in [0.4, 0.5) is 5.82 Å². The highest BCUT2D eigenvalue weighted by atomic mass is 16.2. The van der Waals surface area contributed by atoms with Crippen LogP contribution in [0.5, 0.6) is 0 Å². The van der Waals surface area contributed by atoms with E-state index in [0.29, 0.717) is 24.7 Å². The molecule has 2 amide bonds. The first kappa shape index (κ1) is 22.6. The number of piperidine rings is 1. The summed E-state index contributed by atoms with van der Waals surface area (Å²) in [7, 11) is 2.03. The molecule has 2 aromatic carbocycles. The number of nitrogens with zero attached hydrogens (tertiary/aromatic N) is 5. The number of anilines is 1. The molecule has 6 rings (SSSR count). The third kappa shape index (κ3) is 4.19. The van der Waals surface area contributed by atoms with Gasteiger partial charge >= 0.3 is 0 Å². The highest BCUT2D eigenvalue weighted by Gasteiger charge is 2.31. The molecule has 1 fully saturated rings. The van der Waals surface area contributed by atoms with Gasteiger partial charge in [0.25, 0.3) is 0 Å². The standard InChI is InChI=1S/C29H31N5O2/c1-31-19-24(23-9-5-6-10-26(23)31)25-18-27-33(28(35)13-16-34(27)30-25)20-29(36)32-14-11-22(12-15-32)17-21-7-3-2-4-8-21/h2-10,18-19,22H,11-17,20H2,1H3. The van der Waals surface area contributed by atoms with Gasteiger partial charge in [0.15, 0.2) is 0 Å². The third-order valence-electron chi connectivity index (χ3n) is 7.67. The number of hydrogen-bond donors (Lipinski definition) is 0. The van der Waals surface area contributed by atoms with Crippen molar-refractivity contribution >= 4 is 28.5 Å². The Morgan fingerprint density at radius 1 is 1.00 bits per heavy atom. The lowest BCUT2D eigenvalue weighted by Gasteiger charge is -2.34. The second kappa shape index (κ2) is 9.30. The molecule has 1 saturated heterocycles. The fourth-order valence-corrected chi connectivity index (χ4v) is 5.67. The Morgan fingerprint density at radius 3 is 2.56 bits per heavy atom. The van der Waals surface area contributed by atoms with Crippen LogP contribution in [-0.4, -0.2) is 50.7 Å². The molecule has 36 heavy (non-hydrogen) atoms. The molecular weight excluding hydrogens is 450 g/mol. The molecule has 4 heterocycles. The monoisotopic (exact) mass is 481 g/mol. The molecule has 0 spiro atoms. The van der Waals surface area contributed by atoms with Gasteiger partial charge in [-0.1, -0.05) is 48.5 Å². The van der Waals surface area contributed by atoms with Crippen molar-refractivity contribution in [3.05, 3.63) is 72.4 Å². The Balaban J connectivity index is 1.16. The number of amides is 2. The highest BCUT2D eigenvalue weighted by Crippen LogP contribution is 2.33. The summed E-state index contributed by atoms with van der Waals surface area (Å²) in [6.45, 7) is 2.11. The molecule has 2 aliphatic rings. The van der Waals surface area contributed by atoms with Crippen LogP contribution in [0.15, 0.2) is 66.9 Å². The molecule has 0 unspecified atom stereocenters. The molecular formula is C29H31N5O2. The average molecular weight is 482 g/mol. The third-order valence-corrected chi connectivity index (χ3v) is 7.67. The van der Waals surface area contributed by atoms with Crippen LogP contribution < -0.4 is 4.90 Å². The van der Waals surface area contributed by atoms with Gasteiger partial charge in [0.2, 0.25) is 11.8 Å². The second-order valence-electron chi connectivity index (χ2n) is 10.0. The van der Waals surface area contributed by atoms with E-state index in [1.54, 1.807) is 4.90 Å². The van der Waals surface area contributed by atoms with Gasteiger partial charge in [0.1, 0.15) is 12.4 Å². The molecule has 2 aromatic heterocycles. The Bertz CT molecular complexity index is 1410. The zero-order valence-corrected chi connectivity index (χ0v) is 20.6. The van der Waals surface area contributed by atoms with E-state index in [9.17, 15) is 9.59 Å². The fourth-order valence-electron chi connectivity index (χ4n) is 5.67. The summed E-state index contributed by atoms with van der Waals surface area (Å²) >= 11 is 0. The van der Waals surface area contributed by atoms with Gasteiger partial charge in [0, 0.05) is 55.3 Å². The largest absolute Gasteiger partial charge is 0.350 e. The highest BCUT2D eigenvalue weighted by molar-refractivity contribution is 6.00. The lowest BCUT2D eigenvalue weighted by molar-refractivity contribution is -0.132. The number of aryl methyl sites for hydroxylation is 2. The van der Waals surface area contributed by atoms with E-state index in [1.165, 1.54) is 5.56 Å². The Hall–Kier alpha value is -3.87. The lowest BCUT2D eigenvalue weighted by Crippen LogP contribution is -2.48. The summed E-state index contributed by atoms with van der Waals surface area (Å²) in [5.41, 5.74) is 4.36. The molecule has 0 atom stereocenters. The molecule has 0 radical (unpaired) electrons. The molecule has 2 aliphatic heterocycles. The summed E-state index contributed by atoms with van der Waals surface area (Å²) in [5, 5.41) is 5.95. The Morgan fingerprint density at radius 2 is 1.75 bits per heavy atom. The van der Waals surface area contributed by atoms with Crippen LogP contribution in [-0.2, 0) is 29.6 Å². The molecule has 0 saturated carbocycles. The van der Waals surface area contributed by atoms with E-state index in [2.05, 4.69) is 47.2 Å². The first-order chi connectivity index (χ1) is 17.6. The van der Waals surface area contributed by atoms with Gasteiger partial charge in [-0.15, -0.1) is 0 Å². The predicted molar refractivity (Wildman–Crippen MR) is 141 cm³/mol. The number of fused-ring (bicyclic) bond motifs is 2. The summed E-state index contributed by atoms with van der Waals surface area (Å²) in [5.74, 6) is 1.31. The van der Waals surface area contributed by atoms with Gasteiger partial charge in [-0.25, -0.2) is 4.68 Å². The summed E-state index contributed by atoms with van der Waals surface area (Å²) < 4.78 is 3.97. The molecule has 7 nitrogen and oxygen atoms in total. The second-order valence-corrected chi connectivity index (χ2v) is 10.0. The number of hydrogen-bond acceptors (Lipinski definition) is 3. The van der Waals surface area contributed by atoms with Crippen molar-refractivity contribution in [1.82, 2.24) is 19.2 Å².